The van der Waals surface area contributed by atoms with Crippen molar-refractivity contribution in [1.29, 1.82) is 0 Å². The molecule has 1 saturated carbocycles. The van der Waals surface area contributed by atoms with Crippen molar-refractivity contribution in [1.82, 2.24) is 15.0 Å². The number of rotatable bonds is 3. The molecule has 2 aromatic heterocycles. The predicted molar refractivity (Wildman–Crippen MR) is 100 cm³/mol. The molecule has 1 aromatic carbocycles. The molecule has 130 valence electrons. The maximum absolute atomic E-state index is 11.4. The second-order valence-corrected chi connectivity index (χ2v) is 8.67. The van der Waals surface area contributed by atoms with Gasteiger partial charge in [0, 0.05) is 5.56 Å². The average Bonchev–Trinajstić information content (AvgIpc) is 3.20. The Morgan fingerprint density at radius 3 is 2.80 bits per heavy atom. The van der Waals surface area contributed by atoms with E-state index < -0.39 is 11.7 Å². The van der Waals surface area contributed by atoms with E-state index in [1.54, 1.807) is 17.5 Å². The summed E-state index contributed by atoms with van der Waals surface area (Å²) in [6.07, 6.45) is 5.62. The number of H-pyrrole nitrogens is 1. The van der Waals surface area contributed by atoms with Gasteiger partial charge in [0.1, 0.15) is 5.01 Å². The molecule has 1 fully saturated rings. The van der Waals surface area contributed by atoms with Gasteiger partial charge in [-0.2, -0.15) is 0 Å². The smallest absolute Gasteiger partial charge is 0.405 e. The highest BCUT2D eigenvalue weighted by molar-refractivity contribution is 9.11. The van der Waals surface area contributed by atoms with Crippen molar-refractivity contribution < 1.29 is 9.53 Å². The highest BCUT2D eigenvalue weighted by Gasteiger charge is 2.40. The van der Waals surface area contributed by atoms with Crippen molar-refractivity contribution in [3.8, 4) is 10.6 Å². The van der Waals surface area contributed by atoms with E-state index in [1.807, 2.05) is 18.2 Å². The summed E-state index contributed by atoms with van der Waals surface area (Å²) in [6, 6.07) is 5.99. The molecule has 1 amide bonds. The molecule has 2 heterocycles. The zero-order valence-electron chi connectivity index (χ0n) is 13.4. The molecule has 0 saturated heterocycles. The molecule has 0 bridgehead atoms. The van der Waals surface area contributed by atoms with Crippen LogP contribution >= 0.6 is 27.3 Å². The fourth-order valence-electron chi connectivity index (χ4n) is 3.45. The monoisotopic (exact) mass is 420 g/mol. The summed E-state index contributed by atoms with van der Waals surface area (Å²) in [6.45, 7) is 0. The lowest BCUT2D eigenvalue weighted by molar-refractivity contribution is -0.0225. The summed E-state index contributed by atoms with van der Waals surface area (Å²) in [5.41, 5.74) is 7.35. The van der Waals surface area contributed by atoms with Crippen molar-refractivity contribution >= 4 is 44.4 Å². The topological polar surface area (TPSA) is 93.9 Å². The van der Waals surface area contributed by atoms with E-state index in [-0.39, 0.29) is 0 Å². The normalized spacial score (nSPS) is 16.8. The lowest BCUT2D eigenvalue weighted by Crippen LogP contribution is -2.37. The largest absolute Gasteiger partial charge is 0.435 e. The number of nitrogens with two attached hydrogens (primary N) is 1. The van der Waals surface area contributed by atoms with Gasteiger partial charge in [-0.05, 0) is 59.8 Å². The van der Waals surface area contributed by atoms with Gasteiger partial charge in [-0.25, -0.2) is 14.8 Å². The molecule has 3 N–H and O–H groups in total. The second-order valence-electron chi connectivity index (χ2n) is 6.26. The number of fused-ring (bicyclic) bond motifs is 1. The van der Waals surface area contributed by atoms with E-state index in [4.69, 9.17) is 10.5 Å². The van der Waals surface area contributed by atoms with Crippen LogP contribution < -0.4 is 5.73 Å². The van der Waals surface area contributed by atoms with Crippen LogP contribution in [0.3, 0.4) is 0 Å². The number of carbonyl (C=O) groups is 1. The first kappa shape index (κ1) is 16.5. The SMILES string of the molecule is NC(=O)OC1(c2nc3ccc(-c4ncc(Br)s4)cc3[nH]2)CCCCC1. The quantitative estimate of drug-likeness (QED) is 0.641. The molecule has 6 nitrogen and oxygen atoms in total. The molecule has 3 aromatic rings. The first-order valence-electron chi connectivity index (χ1n) is 8.16. The lowest BCUT2D eigenvalue weighted by atomic mass is 9.84. The number of hydrogen-bond acceptors (Lipinski definition) is 5. The number of primary amides is 1. The summed E-state index contributed by atoms with van der Waals surface area (Å²) >= 11 is 5.02. The van der Waals surface area contributed by atoms with E-state index in [1.165, 1.54) is 0 Å². The number of amides is 1. The minimum atomic E-state index is -0.754. The van der Waals surface area contributed by atoms with Gasteiger partial charge >= 0.3 is 6.09 Å². The van der Waals surface area contributed by atoms with Crippen LogP contribution in [-0.2, 0) is 10.3 Å². The Morgan fingerprint density at radius 2 is 2.12 bits per heavy atom. The maximum atomic E-state index is 11.4. The molecule has 0 spiro atoms. The van der Waals surface area contributed by atoms with Crippen molar-refractivity contribution in [3.05, 3.63) is 34.0 Å². The highest BCUT2D eigenvalue weighted by Crippen LogP contribution is 2.40. The average molecular weight is 421 g/mol. The standard InChI is InChI=1S/C17H17BrN4O2S/c18-13-9-20-14(25-13)10-4-5-11-12(8-10)22-15(21-11)17(24-16(19)23)6-2-1-3-7-17/h4-5,8-9H,1-3,6-7H2,(H2,19,23)(H,21,22). The Kier molecular flexibility index (Phi) is 4.24. The molecule has 1 aliphatic carbocycles. The van der Waals surface area contributed by atoms with Crippen molar-refractivity contribution in [3.63, 3.8) is 0 Å². The van der Waals surface area contributed by atoms with Crippen LogP contribution in [0.15, 0.2) is 28.2 Å². The Balaban J connectivity index is 1.75. The number of benzene rings is 1. The number of aromatic amines is 1. The van der Waals surface area contributed by atoms with E-state index in [0.29, 0.717) is 5.82 Å². The summed E-state index contributed by atoms with van der Waals surface area (Å²) in [4.78, 5) is 23.9. The number of aromatic nitrogens is 3. The number of imidazole rings is 1. The molecule has 0 atom stereocenters. The van der Waals surface area contributed by atoms with Crippen LogP contribution in [0.25, 0.3) is 21.6 Å². The van der Waals surface area contributed by atoms with Gasteiger partial charge in [-0.15, -0.1) is 11.3 Å². The highest BCUT2D eigenvalue weighted by atomic mass is 79.9. The number of hydrogen-bond donors (Lipinski definition) is 2. The minimum Gasteiger partial charge on any atom is -0.435 e. The van der Waals surface area contributed by atoms with E-state index in [9.17, 15) is 4.79 Å². The lowest BCUT2D eigenvalue weighted by Gasteiger charge is -2.34. The van der Waals surface area contributed by atoms with Crippen molar-refractivity contribution in [2.45, 2.75) is 37.7 Å². The third-order valence-electron chi connectivity index (χ3n) is 4.60. The second kappa shape index (κ2) is 6.42. The van der Waals surface area contributed by atoms with Crippen LogP contribution in [-0.4, -0.2) is 21.0 Å². The molecule has 0 unspecified atom stereocenters. The van der Waals surface area contributed by atoms with Crippen molar-refractivity contribution in [2.75, 3.05) is 0 Å². The summed E-state index contributed by atoms with van der Waals surface area (Å²) in [5, 5.41) is 0.936. The molecule has 25 heavy (non-hydrogen) atoms. The zero-order chi connectivity index (χ0) is 17.4. The molecular formula is C17H17BrN4O2S. The van der Waals surface area contributed by atoms with Crippen LogP contribution in [0.5, 0.6) is 0 Å². The van der Waals surface area contributed by atoms with Gasteiger partial charge in [0.2, 0.25) is 0 Å². The van der Waals surface area contributed by atoms with Gasteiger partial charge in [-0.3, -0.25) is 0 Å². The number of ether oxygens (including phenoxy) is 1. The van der Waals surface area contributed by atoms with E-state index in [0.717, 1.165) is 57.5 Å². The van der Waals surface area contributed by atoms with Gasteiger partial charge in [0.05, 0.1) is 21.0 Å². The number of nitrogens with one attached hydrogen (secondary N) is 1. The van der Waals surface area contributed by atoms with Crippen LogP contribution in [0.4, 0.5) is 4.79 Å². The van der Waals surface area contributed by atoms with Gasteiger partial charge in [0.25, 0.3) is 0 Å². The number of nitrogens with zero attached hydrogens (tertiary/aromatic N) is 2. The first-order chi connectivity index (χ1) is 12.1. The Hall–Kier alpha value is -1.93. The Labute approximate surface area is 156 Å². The molecule has 4 rings (SSSR count). The van der Waals surface area contributed by atoms with Gasteiger partial charge in [-0.1, -0.05) is 6.42 Å². The minimum absolute atomic E-state index is 0.679. The van der Waals surface area contributed by atoms with Crippen LogP contribution in [0.2, 0.25) is 0 Å². The third-order valence-corrected chi connectivity index (χ3v) is 6.12. The number of thiazole rings is 1. The number of halogens is 1. The fourth-order valence-corrected chi connectivity index (χ4v) is 4.65. The van der Waals surface area contributed by atoms with Crippen LogP contribution in [0.1, 0.15) is 37.9 Å². The fraction of sp³-hybridized carbons (Fsp3) is 0.353. The molecule has 8 heteroatoms. The Morgan fingerprint density at radius 1 is 1.32 bits per heavy atom. The third kappa shape index (κ3) is 3.16. The summed E-state index contributed by atoms with van der Waals surface area (Å²) in [7, 11) is 0. The Bertz CT molecular complexity index is 930. The van der Waals surface area contributed by atoms with Crippen molar-refractivity contribution in [2.24, 2.45) is 5.73 Å². The molecular weight excluding hydrogens is 404 g/mol. The van der Waals surface area contributed by atoms with E-state index >= 15 is 0 Å². The maximum Gasteiger partial charge on any atom is 0.405 e. The first-order valence-corrected chi connectivity index (χ1v) is 9.77. The molecule has 0 radical (unpaired) electrons. The van der Waals surface area contributed by atoms with Crippen LogP contribution in [0, 0.1) is 0 Å². The predicted octanol–water partition coefficient (Wildman–Crippen LogP) is 4.70. The van der Waals surface area contributed by atoms with E-state index in [2.05, 4.69) is 30.9 Å². The summed E-state index contributed by atoms with van der Waals surface area (Å²) < 4.78 is 6.53. The zero-order valence-corrected chi connectivity index (χ0v) is 15.8. The molecule has 1 aliphatic rings. The number of carbonyl (C=O) groups excluding carboxylic acids is 1. The van der Waals surface area contributed by atoms with Gasteiger partial charge < -0.3 is 15.5 Å². The van der Waals surface area contributed by atoms with Gasteiger partial charge in [0.15, 0.2) is 11.4 Å². The summed E-state index contributed by atoms with van der Waals surface area (Å²) in [5.74, 6) is 0.679. The molecule has 0 aliphatic heterocycles.